The van der Waals surface area contributed by atoms with Gasteiger partial charge in [0.25, 0.3) is 0 Å². The summed E-state index contributed by atoms with van der Waals surface area (Å²) >= 11 is 3.52. The molecule has 0 aliphatic heterocycles. The lowest BCUT2D eigenvalue weighted by Crippen LogP contribution is -2.06. The summed E-state index contributed by atoms with van der Waals surface area (Å²) in [6.07, 6.45) is -0.395. The lowest BCUT2D eigenvalue weighted by Gasteiger charge is -2.05. The highest BCUT2D eigenvalue weighted by molar-refractivity contribution is 8.02. The van der Waals surface area contributed by atoms with Crippen LogP contribution >= 0.6 is 23.5 Å². The summed E-state index contributed by atoms with van der Waals surface area (Å²) < 4.78 is 0. The molecule has 12 heavy (non-hydrogen) atoms. The van der Waals surface area contributed by atoms with Gasteiger partial charge in [0.05, 0.1) is 12.2 Å². The molecule has 4 heteroatoms. The molecule has 0 saturated carbocycles. The van der Waals surface area contributed by atoms with Crippen molar-refractivity contribution in [3.63, 3.8) is 0 Å². The Balaban J connectivity index is 2.91. The summed E-state index contributed by atoms with van der Waals surface area (Å²) in [7, 11) is 0. The normalized spacial score (nSPS) is 16.0. The van der Waals surface area contributed by atoms with Gasteiger partial charge in [-0.15, -0.1) is 0 Å². The van der Waals surface area contributed by atoms with E-state index in [0.717, 1.165) is 23.0 Å². The smallest absolute Gasteiger partial charge is 0.0602 e. The minimum absolute atomic E-state index is 0.197. The van der Waals surface area contributed by atoms with Crippen molar-refractivity contribution in [2.45, 2.75) is 26.1 Å². The highest BCUT2D eigenvalue weighted by Gasteiger charge is 1.97. The monoisotopic (exact) mass is 210 g/mol. The Morgan fingerprint density at radius 1 is 0.917 bits per heavy atom. The second-order valence-electron chi connectivity index (χ2n) is 2.85. The lowest BCUT2D eigenvalue weighted by atomic mass is 10.5. The number of aliphatic hydroxyl groups excluding tert-OH is 2. The third kappa shape index (κ3) is 10.6. The number of aliphatic hydroxyl groups is 2. The largest absolute Gasteiger partial charge is 0.393 e. The Morgan fingerprint density at radius 2 is 1.25 bits per heavy atom. The van der Waals surface area contributed by atoms with Crippen LogP contribution in [0.4, 0.5) is 0 Å². The minimum atomic E-state index is -0.197. The number of hydrogen-bond acceptors (Lipinski definition) is 4. The summed E-state index contributed by atoms with van der Waals surface area (Å²) in [6, 6.07) is 0. The molecular weight excluding hydrogens is 192 g/mol. The van der Waals surface area contributed by atoms with Crippen LogP contribution in [-0.4, -0.2) is 45.4 Å². The molecule has 0 spiro atoms. The minimum Gasteiger partial charge on any atom is -0.393 e. The molecule has 0 aromatic carbocycles. The summed E-state index contributed by atoms with van der Waals surface area (Å²) in [5.74, 6) is 3.75. The molecule has 0 bridgehead atoms. The van der Waals surface area contributed by atoms with E-state index in [4.69, 9.17) is 10.2 Å². The van der Waals surface area contributed by atoms with Gasteiger partial charge in [-0.2, -0.15) is 23.5 Å². The van der Waals surface area contributed by atoms with E-state index in [9.17, 15) is 0 Å². The number of thioether (sulfide) groups is 2. The molecule has 2 atom stereocenters. The Hall–Kier alpha value is 0.620. The third-order valence-electron chi connectivity index (χ3n) is 1.09. The van der Waals surface area contributed by atoms with Gasteiger partial charge in [0.2, 0.25) is 0 Å². The van der Waals surface area contributed by atoms with Gasteiger partial charge in [-0.05, 0) is 13.8 Å². The maximum atomic E-state index is 8.93. The molecule has 2 N–H and O–H groups in total. The predicted octanol–water partition coefficient (Wildman–Crippen LogP) is 1.21. The van der Waals surface area contributed by atoms with E-state index in [-0.39, 0.29) is 12.2 Å². The first-order valence-corrected chi connectivity index (χ1v) is 6.45. The van der Waals surface area contributed by atoms with E-state index >= 15 is 0 Å². The molecule has 0 amide bonds. The maximum Gasteiger partial charge on any atom is 0.0602 e. The van der Waals surface area contributed by atoms with E-state index in [1.54, 1.807) is 37.4 Å². The van der Waals surface area contributed by atoms with Gasteiger partial charge >= 0.3 is 0 Å². The van der Waals surface area contributed by atoms with E-state index in [1.807, 2.05) is 0 Å². The molecule has 0 aliphatic rings. The first kappa shape index (κ1) is 12.6. The Labute approximate surface area is 83.1 Å². The van der Waals surface area contributed by atoms with Gasteiger partial charge in [0.15, 0.2) is 0 Å². The standard InChI is InChI=1S/C8H18O2S2/c1-7(9)5-11-3-4-12-6-8(2)10/h7-10H,3-6H2,1-2H3. The van der Waals surface area contributed by atoms with Crippen molar-refractivity contribution in [2.24, 2.45) is 0 Å². The molecule has 2 unspecified atom stereocenters. The summed E-state index contributed by atoms with van der Waals surface area (Å²) in [5.41, 5.74) is 0. The maximum absolute atomic E-state index is 8.93. The highest BCUT2D eigenvalue weighted by atomic mass is 32.2. The van der Waals surface area contributed by atoms with E-state index in [1.165, 1.54) is 0 Å². The van der Waals surface area contributed by atoms with Crippen molar-refractivity contribution in [3.05, 3.63) is 0 Å². The van der Waals surface area contributed by atoms with Crippen molar-refractivity contribution < 1.29 is 10.2 Å². The molecule has 0 aromatic heterocycles. The quantitative estimate of drug-likeness (QED) is 0.620. The highest BCUT2D eigenvalue weighted by Crippen LogP contribution is 2.09. The fourth-order valence-electron chi connectivity index (χ4n) is 0.626. The molecule has 0 aromatic rings. The van der Waals surface area contributed by atoms with Gasteiger partial charge in [0.1, 0.15) is 0 Å². The van der Waals surface area contributed by atoms with Gasteiger partial charge in [-0.25, -0.2) is 0 Å². The zero-order chi connectivity index (χ0) is 9.40. The van der Waals surface area contributed by atoms with Crippen LogP contribution in [0.1, 0.15) is 13.8 Å². The molecule has 0 aliphatic carbocycles. The van der Waals surface area contributed by atoms with Crippen molar-refractivity contribution >= 4 is 23.5 Å². The van der Waals surface area contributed by atoms with Crippen LogP contribution in [-0.2, 0) is 0 Å². The zero-order valence-electron chi connectivity index (χ0n) is 7.69. The molecule has 0 saturated heterocycles. The van der Waals surface area contributed by atoms with Gasteiger partial charge in [-0.1, -0.05) is 0 Å². The third-order valence-corrected chi connectivity index (χ3v) is 3.77. The Morgan fingerprint density at radius 3 is 1.50 bits per heavy atom. The van der Waals surface area contributed by atoms with Crippen LogP contribution in [0, 0.1) is 0 Å². The first-order chi connectivity index (χ1) is 5.63. The van der Waals surface area contributed by atoms with Crippen molar-refractivity contribution in [1.82, 2.24) is 0 Å². The van der Waals surface area contributed by atoms with Gasteiger partial charge in [0, 0.05) is 23.0 Å². The molecule has 0 rings (SSSR count). The fraction of sp³-hybridized carbons (Fsp3) is 1.00. The predicted molar refractivity (Wildman–Crippen MR) is 58.0 cm³/mol. The fourth-order valence-corrected chi connectivity index (χ4v) is 2.58. The Kier molecular flexibility index (Phi) is 8.65. The van der Waals surface area contributed by atoms with Crippen molar-refractivity contribution in [2.75, 3.05) is 23.0 Å². The van der Waals surface area contributed by atoms with Gasteiger partial charge < -0.3 is 10.2 Å². The van der Waals surface area contributed by atoms with Crippen molar-refractivity contribution in [1.29, 1.82) is 0 Å². The summed E-state index contributed by atoms with van der Waals surface area (Å²) in [4.78, 5) is 0. The van der Waals surface area contributed by atoms with Crippen LogP contribution in [0.2, 0.25) is 0 Å². The zero-order valence-corrected chi connectivity index (χ0v) is 9.33. The second-order valence-corrected chi connectivity index (χ2v) is 5.15. The van der Waals surface area contributed by atoms with Crippen LogP contribution in [0.3, 0.4) is 0 Å². The molecule has 0 heterocycles. The first-order valence-electron chi connectivity index (χ1n) is 4.14. The van der Waals surface area contributed by atoms with E-state index in [0.29, 0.717) is 0 Å². The number of rotatable bonds is 7. The summed E-state index contributed by atoms with van der Waals surface area (Å²) in [6.45, 7) is 3.60. The van der Waals surface area contributed by atoms with Crippen LogP contribution in [0.5, 0.6) is 0 Å². The van der Waals surface area contributed by atoms with E-state index in [2.05, 4.69) is 0 Å². The summed E-state index contributed by atoms with van der Waals surface area (Å²) in [5, 5.41) is 17.9. The molecule has 2 nitrogen and oxygen atoms in total. The van der Waals surface area contributed by atoms with E-state index < -0.39 is 0 Å². The van der Waals surface area contributed by atoms with Crippen LogP contribution in [0.25, 0.3) is 0 Å². The average molecular weight is 210 g/mol. The molecule has 74 valence electrons. The molecule has 0 radical (unpaired) electrons. The van der Waals surface area contributed by atoms with Gasteiger partial charge in [-0.3, -0.25) is 0 Å². The van der Waals surface area contributed by atoms with Crippen LogP contribution in [0.15, 0.2) is 0 Å². The van der Waals surface area contributed by atoms with Crippen molar-refractivity contribution in [3.8, 4) is 0 Å². The number of hydrogen-bond donors (Lipinski definition) is 2. The molecular formula is C8H18O2S2. The Bertz CT molecular complexity index is 85.1. The SMILES string of the molecule is CC(O)CSCCSCC(C)O. The lowest BCUT2D eigenvalue weighted by molar-refractivity contribution is 0.220. The molecule has 0 fully saturated rings. The second kappa shape index (κ2) is 8.23. The van der Waals surface area contributed by atoms with Crippen LogP contribution < -0.4 is 0 Å². The topological polar surface area (TPSA) is 40.5 Å². The average Bonchev–Trinajstić information content (AvgIpc) is 1.95.